The molecule has 0 bridgehead atoms. The van der Waals surface area contributed by atoms with Crippen LogP contribution in [0.15, 0.2) is 18.5 Å². The van der Waals surface area contributed by atoms with Crippen LogP contribution >= 0.6 is 0 Å². The van der Waals surface area contributed by atoms with E-state index in [-0.39, 0.29) is 19.0 Å². The van der Waals surface area contributed by atoms with Crippen LogP contribution in [0.4, 0.5) is 0 Å². The first-order valence-corrected chi connectivity index (χ1v) is 4.03. The maximum atomic E-state index is 11.3. The van der Waals surface area contributed by atoms with Gasteiger partial charge in [-0.3, -0.25) is 14.3 Å². The van der Waals surface area contributed by atoms with Crippen molar-refractivity contribution in [3.8, 4) is 0 Å². The third kappa shape index (κ3) is 2.89. The van der Waals surface area contributed by atoms with Gasteiger partial charge in [0.15, 0.2) is 0 Å². The van der Waals surface area contributed by atoms with Crippen LogP contribution in [0.2, 0.25) is 0 Å². The zero-order chi connectivity index (χ0) is 10.6. The SMILES string of the molecule is CN(CC(=O)O)C(=O)Cn1cccn1. The lowest BCUT2D eigenvalue weighted by Crippen LogP contribution is -2.34. The zero-order valence-electron chi connectivity index (χ0n) is 7.75. The van der Waals surface area contributed by atoms with Gasteiger partial charge in [-0.05, 0) is 6.07 Å². The van der Waals surface area contributed by atoms with Crippen LogP contribution in [0.25, 0.3) is 0 Å². The van der Waals surface area contributed by atoms with E-state index in [0.717, 1.165) is 4.90 Å². The first-order valence-electron chi connectivity index (χ1n) is 4.03. The minimum Gasteiger partial charge on any atom is -0.480 e. The number of nitrogens with zero attached hydrogens (tertiary/aromatic N) is 3. The van der Waals surface area contributed by atoms with E-state index in [1.165, 1.54) is 11.7 Å². The molecule has 0 saturated heterocycles. The predicted octanol–water partition coefficient (Wildman–Crippen LogP) is -0.574. The maximum Gasteiger partial charge on any atom is 0.323 e. The van der Waals surface area contributed by atoms with Crippen molar-refractivity contribution in [3.05, 3.63) is 18.5 Å². The lowest BCUT2D eigenvalue weighted by atomic mass is 10.5. The van der Waals surface area contributed by atoms with Crippen LogP contribution in [0, 0.1) is 0 Å². The molecule has 1 rings (SSSR count). The van der Waals surface area contributed by atoms with E-state index in [1.807, 2.05) is 0 Å². The fourth-order valence-corrected chi connectivity index (χ4v) is 0.944. The molecule has 1 aromatic rings. The molecular formula is C8H11N3O3. The molecule has 1 amide bonds. The van der Waals surface area contributed by atoms with E-state index in [4.69, 9.17) is 5.11 Å². The molecule has 0 fully saturated rings. The van der Waals surface area contributed by atoms with Gasteiger partial charge in [0, 0.05) is 19.4 Å². The summed E-state index contributed by atoms with van der Waals surface area (Å²) in [4.78, 5) is 22.8. The number of carboxylic acid groups (broad SMARTS) is 1. The van der Waals surface area contributed by atoms with E-state index >= 15 is 0 Å². The Balaban J connectivity index is 2.46. The Hall–Kier alpha value is -1.85. The van der Waals surface area contributed by atoms with E-state index in [9.17, 15) is 9.59 Å². The summed E-state index contributed by atoms with van der Waals surface area (Å²) in [5.74, 6) is -1.31. The number of aromatic nitrogens is 2. The summed E-state index contributed by atoms with van der Waals surface area (Å²) >= 11 is 0. The van der Waals surface area contributed by atoms with Crippen molar-refractivity contribution in [3.63, 3.8) is 0 Å². The fraction of sp³-hybridized carbons (Fsp3) is 0.375. The average molecular weight is 197 g/mol. The Morgan fingerprint density at radius 3 is 2.79 bits per heavy atom. The number of amides is 1. The van der Waals surface area contributed by atoms with E-state index < -0.39 is 5.97 Å². The highest BCUT2D eigenvalue weighted by molar-refractivity contribution is 5.80. The van der Waals surface area contributed by atoms with Crippen molar-refractivity contribution >= 4 is 11.9 Å². The summed E-state index contributed by atoms with van der Waals surface area (Å²) in [6, 6.07) is 1.70. The van der Waals surface area contributed by atoms with Gasteiger partial charge in [-0.15, -0.1) is 0 Å². The molecule has 6 heteroatoms. The van der Waals surface area contributed by atoms with E-state index in [2.05, 4.69) is 5.10 Å². The fourth-order valence-electron chi connectivity index (χ4n) is 0.944. The van der Waals surface area contributed by atoms with Crippen LogP contribution in [-0.2, 0) is 16.1 Å². The number of carbonyl (C=O) groups is 2. The first kappa shape index (κ1) is 10.2. The number of rotatable bonds is 4. The lowest BCUT2D eigenvalue weighted by Gasteiger charge is -2.13. The first-order chi connectivity index (χ1) is 6.59. The van der Waals surface area contributed by atoms with Crippen LogP contribution in [0.1, 0.15) is 0 Å². The van der Waals surface area contributed by atoms with Crippen LogP contribution in [-0.4, -0.2) is 45.3 Å². The number of aliphatic carboxylic acids is 1. The molecular weight excluding hydrogens is 186 g/mol. The van der Waals surface area contributed by atoms with Gasteiger partial charge < -0.3 is 10.0 Å². The van der Waals surface area contributed by atoms with Gasteiger partial charge in [0.1, 0.15) is 13.1 Å². The lowest BCUT2D eigenvalue weighted by molar-refractivity contribution is -0.143. The third-order valence-electron chi connectivity index (χ3n) is 1.65. The van der Waals surface area contributed by atoms with Gasteiger partial charge in [-0.25, -0.2) is 0 Å². The van der Waals surface area contributed by atoms with Crippen molar-refractivity contribution in [2.45, 2.75) is 6.54 Å². The monoisotopic (exact) mass is 197 g/mol. The molecule has 76 valence electrons. The molecule has 0 spiro atoms. The Morgan fingerprint density at radius 1 is 1.57 bits per heavy atom. The number of carbonyl (C=O) groups excluding carboxylic acids is 1. The molecule has 0 aliphatic rings. The molecule has 0 aliphatic carbocycles. The average Bonchev–Trinajstić information content (AvgIpc) is 2.55. The molecule has 6 nitrogen and oxygen atoms in total. The van der Waals surface area contributed by atoms with Crippen molar-refractivity contribution in [1.82, 2.24) is 14.7 Å². The molecule has 14 heavy (non-hydrogen) atoms. The quantitative estimate of drug-likeness (QED) is 0.701. The molecule has 0 atom stereocenters. The van der Waals surface area contributed by atoms with E-state index in [0.29, 0.717) is 0 Å². The summed E-state index contributed by atoms with van der Waals surface area (Å²) in [5, 5.41) is 12.3. The summed E-state index contributed by atoms with van der Waals surface area (Å²) in [6.07, 6.45) is 3.21. The van der Waals surface area contributed by atoms with Gasteiger partial charge in [-0.2, -0.15) is 5.10 Å². The minimum absolute atomic E-state index is 0.0662. The molecule has 0 saturated carbocycles. The minimum atomic E-state index is -1.03. The molecule has 0 radical (unpaired) electrons. The Bertz CT molecular complexity index is 321. The molecule has 0 aliphatic heterocycles. The highest BCUT2D eigenvalue weighted by atomic mass is 16.4. The van der Waals surface area contributed by atoms with E-state index in [1.54, 1.807) is 18.5 Å². The topological polar surface area (TPSA) is 75.4 Å². The standard InChI is InChI=1S/C8H11N3O3/c1-10(6-8(13)14)7(12)5-11-4-2-3-9-11/h2-4H,5-6H2,1H3,(H,13,14). The second-order valence-corrected chi connectivity index (χ2v) is 2.85. The normalized spacial score (nSPS) is 9.79. The van der Waals surface area contributed by atoms with Crippen LogP contribution in [0.5, 0.6) is 0 Å². The Kier molecular flexibility index (Phi) is 3.22. The zero-order valence-corrected chi connectivity index (χ0v) is 7.75. The number of hydrogen-bond acceptors (Lipinski definition) is 3. The largest absolute Gasteiger partial charge is 0.480 e. The summed E-state index contributed by atoms with van der Waals surface area (Å²) < 4.78 is 1.45. The second kappa shape index (κ2) is 4.40. The van der Waals surface area contributed by atoms with Gasteiger partial charge in [-0.1, -0.05) is 0 Å². The van der Waals surface area contributed by atoms with Crippen molar-refractivity contribution in [1.29, 1.82) is 0 Å². The number of likely N-dealkylation sites (N-methyl/N-ethyl adjacent to an activating group) is 1. The highest BCUT2D eigenvalue weighted by Crippen LogP contribution is 1.90. The van der Waals surface area contributed by atoms with Crippen molar-refractivity contribution < 1.29 is 14.7 Å². The summed E-state index contributed by atoms with van der Waals surface area (Å²) in [6.45, 7) is -0.225. The Labute approximate surface area is 80.7 Å². The molecule has 1 aromatic heterocycles. The number of hydrogen-bond donors (Lipinski definition) is 1. The molecule has 0 aromatic carbocycles. The second-order valence-electron chi connectivity index (χ2n) is 2.85. The smallest absolute Gasteiger partial charge is 0.323 e. The maximum absolute atomic E-state index is 11.3. The highest BCUT2D eigenvalue weighted by Gasteiger charge is 2.12. The van der Waals surface area contributed by atoms with Crippen LogP contribution in [0.3, 0.4) is 0 Å². The Morgan fingerprint density at radius 2 is 2.29 bits per heavy atom. The van der Waals surface area contributed by atoms with Crippen molar-refractivity contribution in [2.75, 3.05) is 13.6 Å². The van der Waals surface area contributed by atoms with Crippen molar-refractivity contribution in [2.24, 2.45) is 0 Å². The molecule has 1 N–H and O–H groups in total. The summed E-state index contributed by atoms with van der Waals surface area (Å²) in [5.41, 5.74) is 0. The predicted molar refractivity (Wildman–Crippen MR) is 47.5 cm³/mol. The van der Waals surface area contributed by atoms with Gasteiger partial charge in [0.05, 0.1) is 0 Å². The molecule has 0 unspecified atom stereocenters. The van der Waals surface area contributed by atoms with Gasteiger partial charge in [0.2, 0.25) is 5.91 Å². The molecule has 1 heterocycles. The van der Waals surface area contributed by atoms with Gasteiger partial charge in [0.25, 0.3) is 0 Å². The van der Waals surface area contributed by atoms with Gasteiger partial charge >= 0.3 is 5.97 Å². The summed E-state index contributed by atoms with van der Waals surface area (Å²) in [7, 11) is 1.44. The van der Waals surface area contributed by atoms with Crippen LogP contribution < -0.4 is 0 Å². The number of carboxylic acids is 1. The third-order valence-corrected chi connectivity index (χ3v) is 1.65.